The molecule has 1 aliphatic carbocycles. The number of rotatable bonds is 2. The predicted octanol–water partition coefficient (Wildman–Crippen LogP) is 0.833. The number of hydrogen-bond donors (Lipinski definition) is 2. The van der Waals surface area contributed by atoms with Gasteiger partial charge in [0.25, 0.3) is 0 Å². The third-order valence-electron chi connectivity index (χ3n) is 1.78. The highest BCUT2D eigenvalue weighted by Crippen LogP contribution is 2.29. The highest BCUT2D eigenvalue weighted by atomic mass is 35.5. The largest absolute Gasteiger partial charge is 0.394 e. The number of allylic oxidation sites excluding steroid dienone is 3. The van der Waals surface area contributed by atoms with Gasteiger partial charge in [0.05, 0.1) is 17.6 Å². The lowest BCUT2D eigenvalue weighted by Gasteiger charge is -2.27. The molecule has 0 heterocycles. The summed E-state index contributed by atoms with van der Waals surface area (Å²) in [6.45, 7) is -0.304. The molecule has 0 spiro atoms. The van der Waals surface area contributed by atoms with Crippen LogP contribution in [-0.4, -0.2) is 27.8 Å². The van der Waals surface area contributed by atoms with Crippen molar-refractivity contribution >= 4 is 11.6 Å². The molecule has 62 valence electrons. The molecule has 2 nitrogen and oxygen atoms in total. The first-order valence-electron chi connectivity index (χ1n) is 3.51. The molecular formula is C8H11ClO2. The Morgan fingerprint density at radius 3 is 2.73 bits per heavy atom. The molecule has 11 heavy (non-hydrogen) atoms. The van der Waals surface area contributed by atoms with Crippen LogP contribution < -0.4 is 0 Å². The van der Waals surface area contributed by atoms with Gasteiger partial charge in [-0.1, -0.05) is 24.3 Å². The third kappa shape index (κ3) is 1.83. The van der Waals surface area contributed by atoms with Crippen LogP contribution in [0.2, 0.25) is 0 Å². The minimum absolute atomic E-state index is 0.304. The van der Waals surface area contributed by atoms with E-state index < -0.39 is 11.0 Å². The van der Waals surface area contributed by atoms with Gasteiger partial charge in [0.2, 0.25) is 0 Å². The Labute approximate surface area is 70.8 Å². The summed E-state index contributed by atoms with van der Waals surface area (Å²) < 4.78 is 0. The molecule has 1 aliphatic rings. The molecule has 0 amide bonds. The minimum Gasteiger partial charge on any atom is -0.394 e. The molecule has 0 aromatic rings. The van der Waals surface area contributed by atoms with Crippen molar-refractivity contribution in [3.8, 4) is 0 Å². The van der Waals surface area contributed by atoms with Crippen molar-refractivity contribution in [1.82, 2.24) is 0 Å². The van der Waals surface area contributed by atoms with Crippen LogP contribution in [0.25, 0.3) is 0 Å². The maximum Gasteiger partial charge on any atom is 0.1000 e. The summed E-state index contributed by atoms with van der Waals surface area (Å²) >= 11 is 5.98. The van der Waals surface area contributed by atoms with Crippen LogP contribution in [-0.2, 0) is 0 Å². The van der Waals surface area contributed by atoms with Crippen LogP contribution in [0.3, 0.4) is 0 Å². The average molecular weight is 175 g/mol. The van der Waals surface area contributed by atoms with Crippen LogP contribution in [0.1, 0.15) is 6.42 Å². The van der Waals surface area contributed by atoms with E-state index in [4.69, 9.17) is 16.7 Å². The van der Waals surface area contributed by atoms with Gasteiger partial charge in [-0.3, -0.25) is 0 Å². The molecule has 0 radical (unpaired) electrons. The van der Waals surface area contributed by atoms with E-state index in [1.165, 1.54) is 0 Å². The molecule has 0 aromatic carbocycles. The Morgan fingerprint density at radius 1 is 1.55 bits per heavy atom. The van der Waals surface area contributed by atoms with Gasteiger partial charge in [0, 0.05) is 0 Å². The fraction of sp³-hybridized carbons (Fsp3) is 0.500. The lowest BCUT2D eigenvalue weighted by Crippen LogP contribution is -2.37. The van der Waals surface area contributed by atoms with E-state index in [-0.39, 0.29) is 6.61 Å². The van der Waals surface area contributed by atoms with Gasteiger partial charge in [-0.05, 0) is 6.42 Å². The summed E-state index contributed by atoms with van der Waals surface area (Å²) in [5.41, 5.74) is 0. The highest BCUT2D eigenvalue weighted by Gasteiger charge is 2.32. The Kier molecular flexibility index (Phi) is 2.71. The minimum atomic E-state index is -0.884. The number of hydrogen-bond acceptors (Lipinski definition) is 2. The van der Waals surface area contributed by atoms with Crippen molar-refractivity contribution < 1.29 is 10.2 Å². The van der Waals surface area contributed by atoms with Crippen molar-refractivity contribution in [2.75, 3.05) is 6.61 Å². The molecular weight excluding hydrogens is 164 g/mol. The number of alkyl halides is 1. The molecule has 0 bridgehead atoms. The van der Waals surface area contributed by atoms with E-state index >= 15 is 0 Å². The zero-order chi connectivity index (χ0) is 8.32. The maximum absolute atomic E-state index is 9.27. The van der Waals surface area contributed by atoms with Gasteiger partial charge in [0.1, 0.15) is 0 Å². The van der Waals surface area contributed by atoms with E-state index in [1.54, 1.807) is 12.2 Å². The third-order valence-corrected chi connectivity index (χ3v) is 2.31. The summed E-state index contributed by atoms with van der Waals surface area (Å²) in [6, 6.07) is 0. The quantitative estimate of drug-likeness (QED) is 0.609. The lowest BCUT2D eigenvalue weighted by atomic mass is 9.94. The SMILES string of the molecule is OC[C@@H](O)C1(Cl)C=CC=CC1. The number of aliphatic hydroxyl groups excluding tert-OH is 2. The summed E-state index contributed by atoms with van der Waals surface area (Å²) in [5, 5.41) is 17.9. The first kappa shape index (κ1) is 8.78. The normalized spacial score (nSPS) is 32.3. The Morgan fingerprint density at radius 2 is 2.27 bits per heavy atom. The van der Waals surface area contributed by atoms with Gasteiger partial charge in [-0.2, -0.15) is 0 Å². The summed E-state index contributed by atoms with van der Waals surface area (Å²) in [5.74, 6) is 0. The van der Waals surface area contributed by atoms with Crippen LogP contribution in [0.5, 0.6) is 0 Å². The average Bonchev–Trinajstić information content (AvgIpc) is 2.04. The highest BCUT2D eigenvalue weighted by molar-refractivity contribution is 6.26. The smallest absolute Gasteiger partial charge is 0.1000 e. The van der Waals surface area contributed by atoms with Crippen LogP contribution in [0.4, 0.5) is 0 Å². The van der Waals surface area contributed by atoms with Crippen molar-refractivity contribution in [3.63, 3.8) is 0 Å². The van der Waals surface area contributed by atoms with Gasteiger partial charge >= 0.3 is 0 Å². The Hall–Kier alpha value is -0.310. The van der Waals surface area contributed by atoms with Gasteiger partial charge < -0.3 is 10.2 Å². The van der Waals surface area contributed by atoms with E-state index in [9.17, 15) is 5.11 Å². The second-order valence-electron chi connectivity index (χ2n) is 2.62. The van der Waals surface area contributed by atoms with Gasteiger partial charge in [0.15, 0.2) is 0 Å². The molecule has 0 aromatic heterocycles. The molecule has 0 saturated heterocycles. The Bertz CT molecular complexity index is 189. The molecule has 1 unspecified atom stereocenters. The Balaban J connectivity index is 2.67. The monoisotopic (exact) mass is 174 g/mol. The predicted molar refractivity (Wildman–Crippen MR) is 44.6 cm³/mol. The van der Waals surface area contributed by atoms with Crippen LogP contribution in [0.15, 0.2) is 24.3 Å². The fourth-order valence-corrected chi connectivity index (χ4v) is 1.24. The second kappa shape index (κ2) is 3.39. The zero-order valence-corrected chi connectivity index (χ0v) is 6.83. The standard InChI is InChI=1S/C8H11ClO2/c9-8(7(11)6-10)4-2-1-3-5-8/h1-4,7,10-11H,5-6H2/t7-,8?/m1/s1. The van der Waals surface area contributed by atoms with Crippen molar-refractivity contribution in [3.05, 3.63) is 24.3 Å². The van der Waals surface area contributed by atoms with E-state index in [2.05, 4.69) is 0 Å². The van der Waals surface area contributed by atoms with Crippen molar-refractivity contribution in [2.45, 2.75) is 17.4 Å². The van der Waals surface area contributed by atoms with E-state index in [0.717, 1.165) is 0 Å². The van der Waals surface area contributed by atoms with Crippen LogP contribution >= 0.6 is 11.6 Å². The van der Waals surface area contributed by atoms with Gasteiger partial charge in [-0.25, -0.2) is 0 Å². The summed E-state index contributed by atoms with van der Waals surface area (Å²) in [4.78, 5) is -0.802. The zero-order valence-electron chi connectivity index (χ0n) is 6.07. The topological polar surface area (TPSA) is 40.5 Å². The molecule has 0 aliphatic heterocycles. The number of aliphatic hydroxyl groups is 2. The van der Waals surface area contributed by atoms with Gasteiger partial charge in [-0.15, -0.1) is 11.6 Å². The summed E-state index contributed by atoms with van der Waals surface area (Å²) in [7, 11) is 0. The molecule has 0 fully saturated rings. The molecule has 2 N–H and O–H groups in total. The van der Waals surface area contributed by atoms with Crippen molar-refractivity contribution in [2.24, 2.45) is 0 Å². The van der Waals surface area contributed by atoms with E-state index in [1.807, 2.05) is 12.2 Å². The molecule has 3 heteroatoms. The summed E-state index contributed by atoms with van der Waals surface area (Å²) in [6.07, 6.45) is 6.89. The number of halogens is 1. The molecule has 0 saturated carbocycles. The molecule has 1 rings (SSSR count). The van der Waals surface area contributed by atoms with E-state index in [0.29, 0.717) is 6.42 Å². The lowest BCUT2D eigenvalue weighted by molar-refractivity contribution is 0.0732. The van der Waals surface area contributed by atoms with Crippen LogP contribution in [0, 0.1) is 0 Å². The first-order valence-corrected chi connectivity index (χ1v) is 3.89. The maximum atomic E-state index is 9.27. The van der Waals surface area contributed by atoms with Crippen molar-refractivity contribution in [1.29, 1.82) is 0 Å². The molecule has 2 atom stereocenters. The fourth-order valence-electron chi connectivity index (χ4n) is 1.01. The second-order valence-corrected chi connectivity index (χ2v) is 3.32. The first-order chi connectivity index (χ1) is 5.19.